The summed E-state index contributed by atoms with van der Waals surface area (Å²) in [6.45, 7) is 2.87. The number of hydrogen-bond acceptors (Lipinski definition) is 4. The van der Waals surface area contributed by atoms with Crippen LogP contribution in [0.5, 0.6) is 0 Å². The minimum atomic E-state index is -3.42. The van der Waals surface area contributed by atoms with Crippen LogP contribution >= 0.6 is 0 Å². The third-order valence-corrected chi connectivity index (χ3v) is 6.36. The molecule has 3 rings (SSSR count). The molecule has 0 spiro atoms. The third kappa shape index (κ3) is 3.31. The average molecular weight is 313 g/mol. The maximum atomic E-state index is 13.0. The van der Waals surface area contributed by atoms with E-state index in [2.05, 4.69) is 5.32 Å². The van der Waals surface area contributed by atoms with Gasteiger partial charge in [-0.3, -0.25) is 0 Å². The van der Waals surface area contributed by atoms with Crippen LogP contribution in [0.2, 0.25) is 0 Å². The summed E-state index contributed by atoms with van der Waals surface area (Å²) in [7, 11) is -3.42. The summed E-state index contributed by atoms with van der Waals surface area (Å²) in [4.78, 5) is 0. The summed E-state index contributed by atoms with van der Waals surface area (Å²) < 4.78 is 34.6. The van der Waals surface area contributed by atoms with E-state index < -0.39 is 10.2 Å². The van der Waals surface area contributed by atoms with Gasteiger partial charge < -0.3 is 9.73 Å². The minimum Gasteiger partial charge on any atom is -0.468 e. The lowest BCUT2D eigenvalue weighted by molar-refractivity contribution is 0.253. The molecule has 1 saturated carbocycles. The van der Waals surface area contributed by atoms with E-state index in [9.17, 15) is 8.42 Å². The Morgan fingerprint density at radius 2 is 2.00 bits per heavy atom. The highest BCUT2D eigenvalue weighted by molar-refractivity contribution is 7.86. The molecule has 6 nitrogen and oxygen atoms in total. The van der Waals surface area contributed by atoms with E-state index in [1.54, 1.807) is 20.9 Å². The number of nitrogens with zero attached hydrogens (tertiary/aromatic N) is 2. The van der Waals surface area contributed by atoms with E-state index >= 15 is 0 Å². The molecule has 0 unspecified atom stereocenters. The summed E-state index contributed by atoms with van der Waals surface area (Å²) in [6, 6.07) is 3.75. The van der Waals surface area contributed by atoms with Crippen LogP contribution in [0.25, 0.3) is 0 Å². The van der Waals surface area contributed by atoms with Crippen LogP contribution in [0.15, 0.2) is 22.8 Å². The molecule has 1 saturated heterocycles. The van der Waals surface area contributed by atoms with Gasteiger partial charge in [0.25, 0.3) is 10.2 Å². The van der Waals surface area contributed by atoms with Gasteiger partial charge in [0, 0.05) is 32.2 Å². The highest BCUT2D eigenvalue weighted by Crippen LogP contribution is 2.28. The van der Waals surface area contributed by atoms with Crippen molar-refractivity contribution < 1.29 is 12.8 Å². The van der Waals surface area contributed by atoms with E-state index in [-0.39, 0.29) is 6.04 Å². The van der Waals surface area contributed by atoms with Crippen molar-refractivity contribution in [1.29, 1.82) is 0 Å². The fourth-order valence-electron chi connectivity index (χ4n) is 3.17. The van der Waals surface area contributed by atoms with Crippen molar-refractivity contribution in [2.45, 2.75) is 38.3 Å². The lowest BCUT2D eigenvalue weighted by Gasteiger charge is -2.35. The number of piperazine rings is 1. The van der Waals surface area contributed by atoms with Crippen LogP contribution < -0.4 is 5.32 Å². The first kappa shape index (κ1) is 15.0. The molecule has 2 heterocycles. The van der Waals surface area contributed by atoms with Crippen LogP contribution in [0, 0.1) is 0 Å². The standard InChI is InChI=1S/C14H23N3O3S/c18-21(19,16-9-7-15-8-10-16)17(13-4-1-2-5-13)12-14-6-3-11-20-14/h3,6,11,13,15H,1-2,4-5,7-10,12H2. The smallest absolute Gasteiger partial charge is 0.282 e. The Bertz CT molecular complexity index is 532. The van der Waals surface area contributed by atoms with Gasteiger partial charge in [-0.25, -0.2) is 0 Å². The molecule has 1 aromatic heterocycles. The second-order valence-corrected chi connectivity index (χ2v) is 7.60. The van der Waals surface area contributed by atoms with Crippen LogP contribution in [-0.4, -0.2) is 49.2 Å². The largest absolute Gasteiger partial charge is 0.468 e. The summed E-state index contributed by atoms with van der Waals surface area (Å²) in [5.41, 5.74) is 0. The van der Waals surface area contributed by atoms with Crippen molar-refractivity contribution in [3.8, 4) is 0 Å². The SMILES string of the molecule is O=S(=O)(N1CCNCC1)N(Cc1ccco1)C1CCCC1. The Balaban J connectivity index is 1.82. The second-order valence-electron chi connectivity index (χ2n) is 5.72. The summed E-state index contributed by atoms with van der Waals surface area (Å²) in [5.74, 6) is 0.709. The van der Waals surface area contributed by atoms with Gasteiger partial charge in [-0.2, -0.15) is 17.0 Å². The fraction of sp³-hybridized carbons (Fsp3) is 0.714. The summed E-state index contributed by atoms with van der Waals surface area (Å²) in [5, 5.41) is 3.20. The van der Waals surface area contributed by atoms with Crippen molar-refractivity contribution in [1.82, 2.24) is 13.9 Å². The first-order valence-corrected chi connectivity index (χ1v) is 9.07. The Morgan fingerprint density at radius 1 is 1.29 bits per heavy atom. The number of furan rings is 1. The Labute approximate surface area is 126 Å². The van der Waals surface area contributed by atoms with Crippen LogP contribution in [0.3, 0.4) is 0 Å². The van der Waals surface area contributed by atoms with Gasteiger partial charge in [-0.15, -0.1) is 0 Å². The van der Waals surface area contributed by atoms with E-state index in [4.69, 9.17) is 4.42 Å². The first-order valence-electron chi connectivity index (χ1n) is 7.68. The predicted octanol–water partition coefficient (Wildman–Crippen LogP) is 1.17. The van der Waals surface area contributed by atoms with E-state index in [0.717, 1.165) is 38.8 Å². The average Bonchev–Trinajstić information content (AvgIpc) is 3.19. The van der Waals surface area contributed by atoms with Crippen molar-refractivity contribution in [3.05, 3.63) is 24.2 Å². The van der Waals surface area contributed by atoms with E-state index in [0.29, 0.717) is 25.4 Å². The van der Waals surface area contributed by atoms with Crippen LogP contribution in [0.1, 0.15) is 31.4 Å². The monoisotopic (exact) mass is 313 g/mol. The predicted molar refractivity (Wildman–Crippen MR) is 79.9 cm³/mol. The molecule has 2 fully saturated rings. The Morgan fingerprint density at radius 3 is 2.62 bits per heavy atom. The van der Waals surface area contributed by atoms with Crippen molar-refractivity contribution in [3.63, 3.8) is 0 Å². The lowest BCUT2D eigenvalue weighted by atomic mass is 10.2. The van der Waals surface area contributed by atoms with Gasteiger partial charge >= 0.3 is 0 Å². The zero-order valence-corrected chi connectivity index (χ0v) is 13.0. The van der Waals surface area contributed by atoms with Gasteiger partial charge in [0.1, 0.15) is 5.76 Å². The first-order chi connectivity index (χ1) is 10.2. The maximum absolute atomic E-state index is 13.0. The fourth-order valence-corrected chi connectivity index (χ4v) is 4.99. The van der Waals surface area contributed by atoms with Crippen LogP contribution in [-0.2, 0) is 16.8 Å². The van der Waals surface area contributed by atoms with Gasteiger partial charge in [-0.1, -0.05) is 12.8 Å². The molecule has 1 aliphatic heterocycles. The van der Waals surface area contributed by atoms with Gasteiger partial charge in [0.15, 0.2) is 0 Å². The number of nitrogens with one attached hydrogen (secondary N) is 1. The molecule has 0 bridgehead atoms. The Hall–Kier alpha value is -0.890. The molecule has 7 heteroatoms. The normalized spacial score (nSPS) is 22.1. The molecule has 0 aromatic carbocycles. The number of hydrogen-bond donors (Lipinski definition) is 1. The summed E-state index contributed by atoms with van der Waals surface area (Å²) >= 11 is 0. The zero-order valence-electron chi connectivity index (χ0n) is 12.2. The van der Waals surface area contributed by atoms with Gasteiger partial charge in [0.2, 0.25) is 0 Å². The van der Waals surface area contributed by atoms with Crippen molar-refractivity contribution >= 4 is 10.2 Å². The highest BCUT2D eigenvalue weighted by Gasteiger charge is 2.37. The molecule has 21 heavy (non-hydrogen) atoms. The van der Waals surface area contributed by atoms with Crippen LogP contribution in [0.4, 0.5) is 0 Å². The molecular formula is C14H23N3O3S. The zero-order chi connectivity index (χ0) is 14.7. The molecule has 0 atom stereocenters. The second kappa shape index (κ2) is 6.48. The molecule has 1 aliphatic carbocycles. The topological polar surface area (TPSA) is 65.8 Å². The highest BCUT2D eigenvalue weighted by atomic mass is 32.2. The lowest BCUT2D eigenvalue weighted by Crippen LogP contribution is -2.53. The van der Waals surface area contributed by atoms with Crippen molar-refractivity contribution in [2.24, 2.45) is 0 Å². The molecular weight excluding hydrogens is 290 g/mol. The Kier molecular flexibility index (Phi) is 4.63. The molecule has 1 N–H and O–H groups in total. The van der Waals surface area contributed by atoms with Crippen molar-refractivity contribution in [2.75, 3.05) is 26.2 Å². The molecule has 1 aromatic rings. The molecule has 0 radical (unpaired) electrons. The summed E-state index contributed by atoms with van der Waals surface area (Å²) in [6.07, 6.45) is 5.71. The third-order valence-electron chi connectivity index (χ3n) is 4.32. The van der Waals surface area contributed by atoms with E-state index in [1.165, 1.54) is 0 Å². The quantitative estimate of drug-likeness (QED) is 0.886. The number of rotatable bonds is 5. The molecule has 118 valence electrons. The maximum Gasteiger partial charge on any atom is 0.282 e. The minimum absolute atomic E-state index is 0.106. The molecule has 2 aliphatic rings. The van der Waals surface area contributed by atoms with E-state index in [1.807, 2.05) is 6.07 Å². The van der Waals surface area contributed by atoms with Gasteiger partial charge in [-0.05, 0) is 25.0 Å². The van der Waals surface area contributed by atoms with Gasteiger partial charge in [0.05, 0.1) is 12.8 Å². The molecule has 0 amide bonds.